The molecule has 1 aliphatic carbocycles. The van der Waals surface area contributed by atoms with Gasteiger partial charge in [-0.2, -0.15) is 0 Å². The standard InChI is InChI=1S/C27H29N3O4/c31-24-10-9-23(25(32)28-24)30-16-18-15-19(6-7-21(18)26(30)33)27(34)11-13-29(14-12-27)22-8-5-17-3-1-2-4-20(17)22/h1-4,6-7,15,22-23,34H,5,8-14,16H2,(H,28,31,32). The summed E-state index contributed by atoms with van der Waals surface area (Å²) in [5.41, 5.74) is 4.21. The molecule has 2 fully saturated rings. The van der Waals surface area contributed by atoms with Crippen molar-refractivity contribution in [3.8, 4) is 0 Å². The van der Waals surface area contributed by atoms with Gasteiger partial charge in [0, 0.05) is 37.7 Å². The number of aryl methyl sites for hydroxylation is 1. The van der Waals surface area contributed by atoms with E-state index in [9.17, 15) is 19.5 Å². The molecule has 34 heavy (non-hydrogen) atoms. The van der Waals surface area contributed by atoms with Crippen LogP contribution in [0.5, 0.6) is 0 Å². The SMILES string of the molecule is O=C1CCC(N2Cc3cc(C4(O)CCN(C5CCc6ccccc65)CC4)ccc3C2=O)C(=O)N1. The number of benzene rings is 2. The van der Waals surface area contributed by atoms with E-state index >= 15 is 0 Å². The van der Waals surface area contributed by atoms with Gasteiger partial charge in [-0.25, -0.2) is 0 Å². The van der Waals surface area contributed by atoms with Gasteiger partial charge < -0.3 is 10.0 Å². The zero-order valence-electron chi connectivity index (χ0n) is 19.1. The molecule has 6 rings (SSSR count). The number of imide groups is 1. The number of rotatable bonds is 3. The Kier molecular flexibility index (Phi) is 5.08. The van der Waals surface area contributed by atoms with Gasteiger partial charge in [-0.1, -0.05) is 36.4 Å². The number of piperidine rings is 2. The highest BCUT2D eigenvalue weighted by atomic mass is 16.3. The molecule has 7 nitrogen and oxygen atoms in total. The van der Waals surface area contributed by atoms with E-state index < -0.39 is 17.6 Å². The Morgan fingerprint density at radius 1 is 0.912 bits per heavy atom. The van der Waals surface area contributed by atoms with E-state index in [-0.39, 0.29) is 18.2 Å². The van der Waals surface area contributed by atoms with E-state index in [2.05, 4.69) is 34.5 Å². The van der Waals surface area contributed by atoms with Crippen molar-refractivity contribution in [3.05, 3.63) is 70.3 Å². The fraction of sp³-hybridized carbons (Fsp3) is 0.444. The highest BCUT2D eigenvalue weighted by Gasteiger charge is 2.41. The summed E-state index contributed by atoms with van der Waals surface area (Å²) in [5.74, 6) is -0.878. The molecule has 2 saturated heterocycles. The monoisotopic (exact) mass is 459 g/mol. The lowest BCUT2D eigenvalue weighted by Crippen LogP contribution is -2.52. The summed E-state index contributed by atoms with van der Waals surface area (Å²) in [5, 5.41) is 13.9. The van der Waals surface area contributed by atoms with Crippen LogP contribution in [0.25, 0.3) is 0 Å². The summed E-state index contributed by atoms with van der Waals surface area (Å²) in [7, 11) is 0. The molecule has 2 N–H and O–H groups in total. The van der Waals surface area contributed by atoms with Crippen LogP contribution >= 0.6 is 0 Å². The van der Waals surface area contributed by atoms with Gasteiger partial charge in [0.15, 0.2) is 0 Å². The maximum Gasteiger partial charge on any atom is 0.255 e. The van der Waals surface area contributed by atoms with Gasteiger partial charge in [0.2, 0.25) is 11.8 Å². The zero-order valence-corrected chi connectivity index (χ0v) is 19.1. The summed E-state index contributed by atoms with van der Waals surface area (Å²) in [6.07, 6.45) is 4.13. The largest absolute Gasteiger partial charge is 0.385 e. The number of nitrogens with zero attached hydrogens (tertiary/aromatic N) is 2. The van der Waals surface area contributed by atoms with Crippen molar-refractivity contribution in [2.75, 3.05) is 13.1 Å². The van der Waals surface area contributed by atoms with E-state index in [4.69, 9.17) is 0 Å². The van der Waals surface area contributed by atoms with Crippen LogP contribution < -0.4 is 5.32 Å². The first-order valence-corrected chi connectivity index (χ1v) is 12.3. The van der Waals surface area contributed by atoms with Crippen LogP contribution in [0.15, 0.2) is 42.5 Å². The molecule has 0 bridgehead atoms. The third-order valence-electron chi connectivity index (χ3n) is 8.23. The van der Waals surface area contributed by atoms with Crippen molar-refractivity contribution >= 4 is 17.7 Å². The number of fused-ring (bicyclic) bond motifs is 2. The number of nitrogens with one attached hydrogen (secondary N) is 1. The summed E-state index contributed by atoms with van der Waals surface area (Å²) < 4.78 is 0. The Morgan fingerprint density at radius 2 is 1.68 bits per heavy atom. The second-order valence-corrected chi connectivity index (χ2v) is 10.1. The highest BCUT2D eigenvalue weighted by Crippen LogP contribution is 2.41. The van der Waals surface area contributed by atoms with Crippen LogP contribution in [0.2, 0.25) is 0 Å². The van der Waals surface area contributed by atoms with Crippen molar-refractivity contribution < 1.29 is 19.5 Å². The van der Waals surface area contributed by atoms with E-state index in [0.717, 1.165) is 37.1 Å². The number of carbonyl (C=O) groups excluding carboxylic acids is 3. The Morgan fingerprint density at radius 3 is 2.47 bits per heavy atom. The third-order valence-corrected chi connectivity index (χ3v) is 8.23. The predicted molar refractivity (Wildman–Crippen MR) is 125 cm³/mol. The second kappa shape index (κ2) is 8.03. The molecule has 0 saturated carbocycles. The highest BCUT2D eigenvalue weighted by molar-refractivity contribution is 6.05. The number of likely N-dealkylation sites (tertiary alicyclic amines) is 1. The van der Waals surface area contributed by atoms with Crippen molar-refractivity contribution in [1.29, 1.82) is 0 Å². The molecular weight excluding hydrogens is 430 g/mol. The third kappa shape index (κ3) is 3.46. The van der Waals surface area contributed by atoms with E-state index in [1.54, 1.807) is 11.0 Å². The van der Waals surface area contributed by atoms with Crippen molar-refractivity contribution in [2.45, 2.75) is 62.8 Å². The first-order chi connectivity index (χ1) is 16.4. The van der Waals surface area contributed by atoms with Crippen LogP contribution in [0.1, 0.15) is 70.8 Å². The summed E-state index contributed by atoms with van der Waals surface area (Å²) in [6.45, 7) is 1.98. The van der Waals surface area contributed by atoms with Crippen molar-refractivity contribution in [1.82, 2.24) is 15.1 Å². The maximum atomic E-state index is 13.0. The van der Waals surface area contributed by atoms with Gasteiger partial charge in [0.25, 0.3) is 5.91 Å². The van der Waals surface area contributed by atoms with Gasteiger partial charge in [-0.15, -0.1) is 0 Å². The van der Waals surface area contributed by atoms with Crippen molar-refractivity contribution in [3.63, 3.8) is 0 Å². The molecule has 2 aromatic carbocycles. The molecule has 7 heteroatoms. The molecule has 0 aromatic heterocycles. The van der Waals surface area contributed by atoms with Crippen LogP contribution in [0.4, 0.5) is 0 Å². The minimum atomic E-state index is -0.922. The predicted octanol–water partition coefficient (Wildman–Crippen LogP) is 2.42. The average molecular weight is 460 g/mol. The number of amides is 3. The van der Waals surface area contributed by atoms with Crippen LogP contribution in [-0.2, 0) is 28.2 Å². The second-order valence-electron chi connectivity index (χ2n) is 10.1. The lowest BCUT2D eigenvalue weighted by Gasteiger charge is -2.41. The molecule has 176 valence electrons. The molecule has 2 unspecified atom stereocenters. The Labute approximate surface area is 198 Å². The first kappa shape index (κ1) is 21.5. The van der Waals surface area contributed by atoms with Gasteiger partial charge in [0.05, 0.1) is 5.60 Å². The number of carbonyl (C=O) groups is 3. The molecular formula is C27H29N3O4. The maximum absolute atomic E-state index is 13.0. The Hall–Kier alpha value is -3.03. The summed E-state index contributed by atoms with van der Waals surface area (Å²) in [4.78, 5) is 40.8. The van der Waals surface area contributed by atoms with Gasteiger partial charge in [-0.3, -0.25) is 24.6 Å². The van der Waals surface area contributed by atoms with Crippen LogP contribution in [-0.4, -0.2) is 51.8 Å². The molecule has 2 atom stereocenters. The molecule has 4 aliphatic rings. The average Bonchev–Trinajstić information content (AvgIpc) is 3.41. The molecule has 0 spiro atoms. The molecule has 3 amide bonds. The topological polar surface area (TPSA) is 90.0 Å². The van der Waals surface area contributed by atoms with E-state index in [0.29, 0.717) is 37.4 Å². The lowest BCUT2D eigenvalue weighted by molar-refractivity contribution is -0.136. The Bertz CT molecular complexity index is 1180. The minimum Gasteiger partial charge on any atom is -0.385 e. The summed E-state index contributed by atoms with van der Waals surface area (Å²) >= 11 is 0. The van der Waals surface area contributed by atoms with E-state index in [1.165, 1.54) is 11.1 Å². The molecule has 3 heterocycles. The van der Waals surface area contributed by atoms with Crippen LogP contribution in [0.3, 0.4) is 0 Å². The van der Waals surface area contributed by atoms with Gasteiger partial charge in [0.1, 0.15) is 6.04 Å². The van der Waals surface area contributed by atoms with Crippen LogP contribution in [0, 0.1) is 0 Å². The molecule has 2 aromatic rings. The number of hydrogen-bond acceptors (Lipinski definition) is 5. The van der Waals surface area contributed by atoms with Gasteiger partial charge in [-0.05, 0) is 60.4 Å². The number of hydrogen-bond donors (Lipinski definition) is 2. The first-order valence-electron chi connectivity index (χ1n) is 12.3. The fourth-order valence-corrected chi connectivity index (χ4v) is 6.27. The minimum absolute atomic E-state index is 0.183. The normalized spacial score (nSPS) is 26.4. The van der Waals surface area contributed by atoms with Crippen molar-refractivity contribution in [2.24, 2.45) is 0 Å². The molecule has 0 radical (unpaired) electrons. The zero-order chi connectivity index (χ0) is 23.4. The summed E-state index contributed by atoms with van der Waals surface area (Å²) in [6, 6.07) is 14.1. The smallest absolute Gasteiger partial charge is 0.255 e. The fourth-order valence-electron chi connectivity index (χ4n) is 6.27. The van der Waals surface area contributed by atoms with Gasteiger partial charge >= 0.3 is 0 Å². The lowest BCUT2D eigenvalue weighted by atomic mass is 9.82. The Balaban J connectivity index is 1.17. The molecule has 3 aliphatic heterocycles. The number of aliphatic hydroxyl groups is 1. The quantitative estimate of drug-likeness (QED) is 0.688. The van der Waals surface area contributed by atoms with E-state index in [1.807, 2.05) is 12.1 Å².